The van der Waals surface area contributed by atoms with Crippen LogP contribution < -0.4 is 5.32 Å². The van der Waals surface area contributed by atoms with Gasteiger partial charge in [-0.2, -0.15) is 5.26 Å². The number of aryl methyl sites for hydroxylation is 1. The van der Waals surface area contributed by atoms with Crippen molar-refractivity contribution in [3.8, 4) is 6.07 Å². The molecule has 120 valence electrons. The van der Waals surface area contributed by atoms with Crippen LogP contribution in [0.5, 0.6) is 0 Å². The van der Waals surface area contributed by atoms with E-state index in [1.807, 2.05) is 6.07 Å². The third-order valence-corrected chi connectivity index (χ3v) is 5.14. The number of amides is 1. The minimum Gasteiger partial charge on any atom is -0.350 e. The summed E-state index contributed by atoms with van der Waals surface area (Å²) in [5, 5.41) is 11.7. The molecule has 2 rings (SSSR count). The molecule has 1 saturated heterocycles. The van der Waals surface area contributed by atoms with Gasteiger partial charge in [-0.25, -0.2) is 12.7 Å². The largest absolute Gasteiger partial charge is 0.350 e. The first kappa shape index (κ1) is 16.5. The number of carbonyl (C=O) groups is 1. The lowest BCUT2D eigenvalue weighted by Crippen LogP contribution is -2.43. The first-order valence-electron chi connectivity index (χ1n) is 7.11. The Morgan fingerprint density at radius 3 is 2.86 bits per heavy atom. The number of rotatable bonds is 4. The van der Waals surface area contributed by atoms with Gasteiger partial charge in [0, 0.05) is 32.9 Å². The van der Waals surface area contributed by atoms with Gasteiger partial charge in [0.05, 0.1) is 11.8 Å². The number of nitrogens with one attached hydrogen (secondary N) is 1. The molecule has 0 aliphatic carbocycles. The van der Waals surface area contributed by atoms with Crippen molar-refractivity contribution in [1.29, 1.82) is 5.26 Å². The Morgan fingerprint density at radius 2 is 2.27 bits per heavy atom. The van der Waals surface area contributed by atoms with Gasteiger partial charge in [-0.3, -0.25) is 4.79 Å². The predicted octanol–water partition coefficient (Wildman–Crippen LogP) is 0.298. The van der Waals surface area contributed by atoms with Crippen molar-refractivity contribution < 1.29 is 13.2 Å². The number of sulfonamides is 1. The van der Waals surface area contributed by atoms with Gasteiger partial charge < -0.3 is 9.88 Å². The minimum atomic E-state index is -3.18. The van der Waals surface area contributed by atoms with Crippen LogP contribution in [0.2, 0.25) is 0 Å². The van der Waals surface area contributed by atoms with Crippen LogP contribution in [-0.4, -0.2) is 49.1 Å². The summed E-state index contributed by atoms with van der Waals surface area (Å²) in [6.45, 7) is 1.42. The van der Waals surface area contributed by atoms with E-state index in [0.29, 0.717) is 30.9 Å². The molecular weight excluding hydrogens is 304 g/mol. The average Bonchev–Trinajstić information content (AvgIpc) is 2.85. The lowest BCUT2D eigenvalue weighted by Gasteiger charge is -2.30. The third kappa shape index (κ3) is 3.87. The van der Waals surface area contributed by atoms with Crippen molar-refractivity contribution in [1.82, 2.24) is 14.2 Å². The maximum Gasteiger partial charge on any atom is 0.267 e. The molecule has 1 N–H and O–H groups in total. The number of piperidine rings is 1. The molecule has 0 bridgehead atoms. The standard InChI is InChI=1S/C14H20N4O3S/c1-17-9-12(7-15)6-13(17)14(19)16-8-11-4-3-5-18(10-11)22(2,20)21/h6,9,11H,3-5,8,10H2,1-2H3,(H,16,19). The molecule has 8 heteroatoms. The molecule has 7 nitrogen and oxygen atoms in total. The molecule has 1 aromatic heterocycles. The first-order chi connectivity index (χ1) is 10.3. The molecule has 0 spiro atoms. The van der Waals surface area contributed by atoms with Crippen LogP contribution in [0, 0.1) is 17.2 Å². The van der Waals surface area contributed by atoms with Gasteiger partial charge in [-0.05, 0) is 24.8 Å². The quantitative estimate of drug-likeness (QED) is 0.861. The highest BCUT2D eigenvalue weighted by atomic mass is 32.2. The van der Waals surface area contributed by atoms with Crippen molar-refractivity contribution in [3.05, 3.63) is 23.5 Å². The molecule has 1 aromatic rings. The monoisotopic (exact) mass is 324 g/mol. The summed E-state index contributed by atoms with van der Waals surface area (Å²) in [4.78, 5) is 12.1. The topological polar surface area (TPSA) is 95.2 Å². The van der Waals surface area contributed by atoms with Crippen LogP contribution in [0.15, 0.2) is 12.3 Å². The number of hydrogen-bond donors (Lipinski definition) is 1. The molecule has 0 aromatic carbocycles. The van der Waals surface area contributed by atoms with Gasteiger partial charge in [0.1, 0.15) is 11.8 Å². The normalized spacial score (nSPS) is 19.6. The number of nitrogens with zero attached hydrogens (tertiary/aromatic N) is 3. The molecule has 0 radical (unpaired) electrons. The van der Waals surface area contributed by atoms with Crippen LogP contribution in [0.25, 0.3) is 0 Å². The average molecular weight is 324 g/mol. The van der Waals surface area contributed by atoms with Gasteiger partial charge in [-0.1, -0.05) is 0 Å². The van der Waals surface area contributed by atoms with Crippen molar-refractivity contribution in [3.63, 3.8) is 0 Å². The number of carbonyl (C=O) groups excluding carboxylic acids is 1. The minimum absolute atomic E-state index is 0.114. The lowest BCUT2D eigenvalue weighted by molar-refractivity contribution is 0.0933. The second kappa shape index (κ2) is 6.50. The Bertz CT molecular complexity index is 702. The van der Waals surface area contributed by atoms with Crippen molar-refractivity contribution in [2.45, 2.75) is 12.8 Å². The highest BCUT2D eigenvalue weighted by Gasteiger charge is 2.26. The molecular formula is C14H20N4O3S. The summed E-state index contributed by atoms with van der Waals surface area (Å²) >= 11 is 0. The zero-order valence-electron chi connectivity index (χ0n) is 12.7. The Labute approximate surface area is 130 Å². The number of aromatic nitrogens is 1. The van der Waals surface area contributed by atoms with E-state index in [9.17, 15) is 13.2 Å². The fourth-order valence-electron chi connectivity index (χ4n) is 2.67. The van der Waals surface area contributed by atoms with Gasteiger partial charge in [-0.15, -0.1) is 0 Å². The molecule has 1 aliphatic rings. The fourth-order valence-corrected chi connectivity index (χ4v) is 3.62. The molecule has 1 fully saturated rings. The highest BCUT2D eigenvalue weighted by molar-refractivity contribution is 7.88. The maximum absolute atomic E-state index is 12.1. The zero-order chi connectivity index (χ0) is 16.3. The van der Waals surface area contributed by atoms with Crippen LogP contribution in [-0.2, 0) is 17.1 Å². The van der Waals surface area contributed by atoms with Crippen molar-refractivity contribution in [2.75, 3.05) is 25.9 Å². The fraction of sp³-hybridized carbons (Fsp3) is 0.571. The Kier molecular flexibility index (Phi) is 4.88. The zero-order valence-corrected chi connectivity index (χ0v) is 13.6. The van der Waals surface area contributed by atoms with Gasteiger partial charge in [0.25, 0.3) is 5.91 Å². The van der Waals surface area contributed by atoms with Gasteiger partial charge >= 0.3 is 0 Å². The van der Waals surface area contributed by atoms with Crippen LogP contribution in [0.1, 0.15) is 28.9 Å². The van der Waals surface area contributed by atoms with E-state index < -0.39 is 10.0 Å². The summed E-state index contributed by atoms with van der Waals surface area (Å²) in [5.41, 5.74) is 0.862. The lowest BCUT2D eigenvalue weighted by atomic mass is 10.00. The van der Waals surface area contributed by atoms with Crippen LogP contribution in [0.3, 0.4) is 0 Å². The maximum atomic E-state index is 12.1. The molecule has 1 aliphatic heterocycles. The smallest absolute Gasteiger partial charge is 0.267 e. The molecule has 1 atom stereocenters. The van der Waals surface area contributed by atoms with E-state index in [0.717, 1.165) is 12.8 Å². The summed E-state index contributed by atoms with van der Waals surface area (Å²) in [7, 11) is -1.47. The highest BCUT2D eigenvalue weighted by Crippen LogP contribution is 2.18. The summed E-state index contributed by atoms with van der Waals surface area (Å²) in [6, 6.07) is 3.54. The van der Waals surface area contributed by atoms with E-state index in [1.165, 1.54) is 10.6 Å². The van der Waals surface area contributed by atoms with Crippen LogP contribution >= 0.6 is 0 Å². The van der Waals surface area contributed by atoms with Gasteiger partial charge in [0.2, 0.25) is 10.0 Å². The molecule has 0 saturated carbocycles. The summed E-state index contributed by atoms with van der Waals surface area (Å²) < 4.78 is 26.2. The van der Waals surface area contributed by atoms with E-state index >= 15 is 0 Å². The Morgan fingerprint density at radius 1 is 1.55 bits per heavy atom. The van der Waals surface area contributed by atoms with E-state index in [-0.39, 0.29) is 11.8 Å². The Hall–Kier alpha value is -1.85. The summed E-state index contributed by atoms with van der Waals surface area (Å²) in [6.07, 6.45) is 4.50. The van der Waals surface area contributed by atoms with E-state index in [2.05, 4.69) is 5.32 Å². The van der Waals surface area contributed by atoms with Crippen molar-refractivity contribution >= 4 is 15.9 Å². The van der Waals surface area contributed by atoms with Crippen LogP contribution in [0.4, 0.5) is 0 Å². The number of nitriles is 1. The SMILES string of the molecule is Cn1cc(C#N)cc1C(=O)NCC1CCCN(S(C)(=O)=O)C1. The predicted molar refractivity (Wildman–Crippen MR) is 81.6 cm³/mol. The van der Waals surface area contributed by atoms with Crippen molar-refractivity contribution in [2.24, 2.45) is 13.0 Å². The first-order valence-corrected chi connectivity index (χ1v) is 8.96. The molecule has 1 amide bonds. The molecule has 22 heavy (non-hydrogen) atoms. The second-order valence-electron chi connectivity index (χ2n) is 5.68. The summed E-state index contributed by atoms with van der Waals surface area (Å²) in [5.74, 6) is -0.136. The number of hydrogen-bond acceptors (Lipinski definition) is 4. The molecule has 2 heterocycles. The molecule has 1 unspecified atom stereocenters. The van der Waals surface area contributed by atoms with E-state index in [4.69, 9.17) is 5.26 Å². The second-order valence-corrected chi connectivity index (χ2v) is 7.66. The van der Waals surface area contributed by atoms with E-state index in [1.54, 1.807) is 23.9 Å². The Balaban J connectivity index is 1.93. The third-order valence-electron chi connectivity index (χ3n) is 3.87. The van der Waals surface area contributed by atoms with Gasteiger partial charge in [0.15, 0.2) is 0 Å².